The first-order valence-electron chi connectivity index (χ1n) is 4.49. The van der Waals surface area contributed by atoms with Crippen molar-refractivity contribution in [2.75, 3.05) is 5.75 Å². The molecule has 1 saturated carbocycles. The van der Waals surface area contributed by atoms with Crippen LogP contribution in [0.3, 0.4) is 0 Å². The van der Waals surface area contributed by atoms with Crippen molar-refractivity contribution in [3.8, 4) is 0 Å². The lowest BCUT2D eigenvalue weighted by atomic mass is 9.82. The average Bonchev–Trinajstić information content (AvgIpc) is 2.34. The fourth-order valence-electron chi connectivity index (χ4n) is 2.38. The predicted molar refractivity (Wildman–Crippen MR) is 47.4 cm³/mol. The van der Waals surface area contributed by atoms with E-state index in [9.17, 15) is 0 Å². The van der Waals surface area contributed by atoms with Crippen LogP contribution in [0.5, 0.6) is 0 Å². The zero-order chi connectivity index (χ0) is 6.97. The zero-order valence-electron chi connectivity index (χ0n) is 6.68. The Labute approximate surface area is 67.8 Å². The van der Waals surface area contributed by atoms with Gasteiger partial charge in [-0.2, -0.15) is 11.8 Å². The lowest BCUT2D eigenvalue weighted by Gasteiger charge is -2.26. The molecule has 0 aromatic rings. The van der Waals surface area contributed by atoms with E-state index in [1.54, 1.807) is 0 Å². The van der Waals surface area contributed by atoms with Gasteiger partial charge in [0.05, 0.1) is 0 Å². The van der Waals surface area contributed by atoms with Gasteiger partial charge in [0.1, 0.15) is 0 Å². The van der Waals surface area contributed by atoms with E-state index in [4.69, 9.17) is 0 Å². The summed E-state index contributed by atoms with van der Waals surface area (Å²) in [4.78, 5) is 0. The van der Waals surface area contributed by atoms with Crippen LogP contribution >= 0.6 is 11.8 Å². The molecular formula is C9H16S. The molecule has 3 atom stereocenters. The number of fused-ring (bicyclic) bond motifs is 1. The molecule has 0 aromatic carbocycles. The lowest BCUT2D eigenvalue weighted by molar-refractivity contribution is 0.311. The van der Waals surface area contributed by atoms with Crippen molar-refractivity contribution in [2.24, 2.45) is 11.8 Å². The summed E-state index contributed by atoms with van der Waals surface area (Å²) in [5, 5.41) is 1.06. The number of hydrogen-bond acceptors (Lipinski definition) is 1. The Morgan fingerprint density at radius 3 is 2.80 bits per heavy atom. The molecule has 1 heteroatoms. The second-order valence-corrected chi connectivity index (χ2v) is 5.07. The molecule has 2 rings (SSSR count). The highest BCUT2D eigenvalue weighted by molar-refractivity contribution is 8.00. The van der Waals surface area contributed by atoms with E-state index in [2.05, 4.69) is 18.7 Å². The maximum Gasteiger partial charge on any atom is 0.00782 e. The molecule has 0 radical (unpaired) electrons. The van der Waals surface area contributed by atoms with Crippen LogP contribution in [0.4, 0.5) is 0 Å². The first-order chi connectivity index (χ1) is 4.88. The van der Waals surface area contributed by atoms with Crippen LogP contribution in [-0.4, -0.2) is 11.0 Å². The third-order valence-electron chi connectivity index (χ3n) is 3.06. The van der Waals surface area contributed by atoms with Gasteiger partial charge >= 0.3 is 0 Å². The zero-order valence-corrected chi connectivity index (χ0v) is 7.49. The van der Waals surface area contributed by atoms with E-state index in [-0.39, 0.29) is 0 Å². The molecule has 0 spiro atoms. The highest BCUT2D eigenvalue weighted by Crippen LogP contribution is 2.44. The smallest absolute Gasteiger partial charge is 0.00782 e. The third-order valence-corrected chi connectivity index (χ3v) is 4.79. The molecule has 1 saturated heterocycles. The van der Waals surface area contributed by atoms with Crippen molar-refractivity contribution >= 4 is 11.8 Å². The van der Waals surface area contributed by atoms with Crippen molar-refractivity contribution in [1.29, 1.82) is 0 Å². The summed E-state index contributed by atoms with van der Waals surface area (Å²) >= 11 is 2.23. The van der Waals surface area contributed by atoms with Crippen LogP contribution in [0.1, 0.15) is 32.6 Å². The average molecular weight is 156 g/mol. The molecule has 0 amide bonds. The van der Waals surface area contributed by atoms with E-state index in [0.717, 1.165) is 17.1 Å². The highest BCUT2D eigenvalue weighted by Gasteiger charge is 2.35. The Morgan fingerprint density at radius 1 is 1.20 bits per heavy atom. The summed E-state index contributed by atoms with van der Waals surface area (Å²) in [6, 6.07) is 0. The monoisotopic (exact) mass is 156 g/mol. The van der Waals surface area contributed by atoms with Crippen LogP contribution in [0.25, 0.3) is 0 Å². The van der Waals surface area contributed by atoms with Gasteiger partial charge < -0.3 is 0 Å². The van der Waals surface area contributed by atoms with Gasteiger partial charge in [-0.05, 0) is 30.4 Å². The second kappa shape index (κ2) is 2.77. The van der Waals surface area contributed by atoms with Gasteiger partial charge in [-0.1, -0.05) is 19.8 Å². The van der Waals surface area contributed by atoms with Crippen molar-refractivity contribution in [3.63, 3.8) is 0 Å². The van der Waals surface area contributed by atoms with Crippen molar-refractivity contribution < 1.29 is 0 Å². The Bertz CT molecular complexity index is 120. The Hall–Kier alpha value is 0.350. The van der Waals surface area contributed by atoms with Crippen LogP contribution in [0, 0.1) is 11.8 Å². The highest BCUT2D eigenvalue weighted by atomic mass is 32.2. The van der Waals surface area contributed by atoms with Gasteiger partial charge in [-0.3, -0.25) is 0 Å². The first kappa shape index (κ1) is 7.02. The molecule has 0 N–H and O–H groups in total. The molecule has 2 aliphatic rings. The molecule has 58 valence electrons. The fraction of sp³-hybridized carbons (Fsp3) is 1.00. The van der Waals surface area contributed by atoms with E-state index in [0.29, 0.717) is 0 Å². The maximum absolute atomic E-state index is 2.43. The summed E-state index contributed by atoms with van der Waals surface area (Å²) < 4.78 is 0. The normalized spacial score (nSPS) is 47.1. The Kier molecular flexibility index (Phi) is 1.94. The Morgan fingerprint density at radius 2 is 2.00 bits per heavy atom. The molecule has 2 fully saturated rings. The second-order valence-electron chi connectivity index (χ2n) is 3.80. The van der Waals surface area contributed by atoms with Gasteiger partial charge in [0.15, 0.2) is 0 Å². The summed E-state index contributed by atoms with van der Waals surface area (Å²) in [5.74, 6) is 3.56. The molecule has 1 heterocycles. The van der Waals surface area contributed by atoms with Crippen LogP contribution in [0.15, 0.2) is 0 Å². The first-order valence-corrected chi connectivity index (χ1v) is 5.54. The molecule has 0 bridgehead atoms. The maximum atomic E-state index is 2.43. The van der Waals surface area contributed by atoms with E-state index < -0.39 is 0 Å². The number of thioether (sulfide) groups is 1. The number of rotatable bonds is 0. The minimum atomic E-state index is 1.02. The minimum Gasteiger partial charge on any atom is -0.158 e. The van der Waals surface area contributed by atoms with Crippen LogP contribution < -0.4 is 0 Å². The minimum absolute atomic E-state index is 1.02. The van der Waals surface area contributed by atoms with E-state index in [1.807, 2.05) is 0 Å². The van der Waals surface area contributed by atoms with Gasteiger partial charge in [0, 0.05) is 5.25 Å². The predicted octanol–water partition coefficient (Wildman–Crippen LogP) is 2.93. The van der Waals surface area contributed by atoms with Crippen molar-refractivity contribution in [1.82, 2.24) is 0 Å². The molecule has 2 unspecified atom stereocenters. The fourth-order valence-corrected chi connectivity index (χ4v) is 4.17. The lowest BCUT2D eigenvalue weighted by Crippen LogP contribution is -2.20. The summed E-state index contributed by atoms with van der Waals surface area (Å²) in [6.07, 6.45) is 6.05. The summed E-state index contributed by atoms with van der Waals surface area (Å²) in [7, 11) is 0. The topological polar surface area (TPSA) is 0 Å². The van der Waals surface area contributed by atoms with E-state index in [1.165, 1.54) is 31.4 Å². The molecule has 0 nitrogen and oxygen atoms in total. The standard InChI is InChI=1S/C9H16S/c1-7-6-10-9-5-3-2-4-8(7)9/h7-9H,2-6H2,1H3/t7-,8?,9?/m1/s1. The molecule has 10 heavy (non-hydrogen) atoms. The van der Waals surface area contributed by atoms with Crippen molar-refractivity contribution in [2.45, 2.75) is 37.9 Å². The third kappa shape index (κ3) is 1.09. The number of hydrogen-bond donors (Lipinski definition) is 0. The van der Waals surface area contributed by atoms with Crippen LogP contribution in [0.2, 0.25) is 0 Å². The molecule has 1 aliphatic carbocycles. The van der Waals surface area contributed by atoms with Gasteiger partial charge in [-0.25, -0.2) is 0 Å². The molecule has 1 aliphatic heterocycles. The Balaban J connectivity index is 2.01. The molecular weight excluding hydrogens is 140 g/mol. The SMILES string of the molecule is C[C@@H]1CSC2CCCCC21. The van der Waals surface area contributed by atoms with Crippen molar-refractivity contribution in [3.05, 3.63) is 0 Å². The quantitative estimate of drug-likeness (QED) is 0.519. The van der Waals surface area contributed by atoms with Gasteiger partial charge in [0.2, 0.25) is 0 Å². The summed E-state index contributed by atoms with van der Waals surface area (Å²) in [5.41, 5.74) is 0. The molecule has 0 aromatic heterocycles. The van der Waals surface area contributed by atoms with Gasteiger partial charge in [0.25, 0.3) is 0 Å². The van der Waals surface area contributed by atoms with E-state index >= 15 is 0 Å². The summed E-state index contributed by atoms with van der Waals surface area (Å²) in [6.45, 7) is 2.43. The van der Waals surface area contributed by atoms with Gasteiger partial charge in [-0.15, -0.1) is 0 Å². The largest absolute Gasteiger partial charge is 0.158 e. The van der Waals surface area contributed by atoms with Crippen LogP contribution in [-0.2, 0) is 0 Å².